The Kier molecular flexibility index (Phi) is 3.69. The topological polar surface area (TPSA) is 73.6 Å². The molecule has 21 heavy (non-hydrogen) atoms. The van der Waals surface area contributed by atoms with E-state index in [9.17, 15) is 9.90 Å². The van der Waals surface area contributed by atoms with Crippen molar-refractivity contribution < 1.29 is 19.4 Å². The number of rotatable bonds is 2. The largest absolute Gasteiger partial charge is 0.485 e. The van der Waals surface area contributed by atoms with Crippen LogP contribution < -0.4 is 4.74 Å². The first-order chi connectivity index (χ1) is 10.1. The summed E-state index contributed by atoms with van der Waals surface area (Å²) >= 11 is 3.42. The van der Waals surface area contributed by atoms with E-state index in [1.54, 1.807) is 10.8 Å². The van der Waals surface area contributed by atoms with Crippen molar-refractivity contribution in [2.24, 2.45) is 0 Å². The molecule has 0 fully saturated rings. The van der Waals surface area contributed by atoms with Gasteiger partial charge in [-0.25, -0.2) is 9.78 Å². The fraction of sp³-hybridized carbons (Fsp3) is 0.286. The van der Waals surface area contributed by atoms with Gasteiger partial charge in [-0.05, 0) is 18.2 Å². The molecule has 2 aromatic rings. The van der Waals surface area contributed by atoms with Crippen molar-refractivity contribution in [1.82, 2.24) is 9.55 Å². The number of benzene rings is 1. The van der Waals surface area contributed by atoms with Crippen molar-refractivity contribution in [3.63, 3.8) is 0 Å². The monoisotopic (exact) mass is 352 g/mol. The predicted octanol–water partition coefficient (Wildman–Crippen LogP) is 1.85. The molecule has 7 heteroatoms. The highest BCUT2D eigenvalue weighted by molar-refractivity contribution is 9.10. The first-order valence-corrected chi connectivity index (χ1v) is 7.14. The summed E-state index contributed by atoms with van der Waals surface area (Å²) in [5.41, 5.74) is 0.993. The number of methoxy groups -OCH3 is 1. The summed E-state index contributed by atoms with van der Waals surface area (Å²) in [5, 5.41) is 9.42. The van der Waals surface area contributed by atoms with Gasteiger partial charge in [0, 0.05) is 10.7 Å². The van der Waals surface area contributed by atoms with Gasteiger partial charge in [0.1, 0.15) is 17.7 Å². The van der Waals surface area contributed by atoms with Gasteiger partial charge in [-0.3, -0.25) is 0 Å². The molecule has 0 bridgehead atoms. The molecule has 1 atom stereocenters. The second-order valence-electron chi connectivity index (χ2n) is 4.66. The van der Waals surface area contributed by atoms with Gasteiger partial charge in [-0.1, -0.05) is 15.9 Å². The molecule has 1 aliphatic rings. The number of carbonyl (C=O) groups is 1. The third-order valence-electron chi connectivity index (χ3n) is 3.25. The van der Waals surface area contributed by atoms with Gasteiger partial charge in [0.2, 0.25) is 0 Å². The Morgan fingerprint density at radius 3 is 3.14 bits per heavy atom. The smallest absolute Gasteiger partial charge is 0.358 e. The standard InChI is InChI=1S/C14H13BrN2O4/c1-20-14(19)11-6-17-5-9(7-18)21-12-3-2-8(15)4-10(12)13(17)16-11/h2-4,6,9,18H,5,7H2,1H3. The molecule has 0 amide bonds. The molecule has 1 N–H and O–H groups in total. The highest BCUT2D eigenvalue weighted by atomic mass is 79.9. The van der Waals surface area contributed by atoms with E-state index in [1.807, 2.05) is 18.2 Å². The van der Waals surface area contributed by atoms with Gasteiger partial charge in [0.25, 0.3) is 0 Å². The summed E-state index contributed by atoms with van der Waals surface area (Å²) in [6.45, 7) is 0.281. The van der Waals surface area contributed by atoms with E-state index < -0.39 is 12.1 Å². The third-order valence-corrected chi connectivity index (χ3v) is 3.74. The van der Waals surface area contributed by atoms with E-state index in [0.717, 1.165) is 10.0 Å². The van der Waals surface area contributed by atoms with Crippen LogP contribution in [0.1, 0.15) is 10.5 Å². The van der Waals surface area contributed by atoms with Crippen LogP contribution in [0, 0.1) is 0 Å². The molecule has 1 aliphatic heterocycles. The molecule has 0 radical (unpaired) electrons. The van der Waals surface area contributed by atoms with E-state index >= 15 is 0 Å². The molecule has 6 nitrogen and oxygen atoms in total. The number of carbonyl (C=O) groups excluding carboxylic acids is 1. The Balaban J connectivity index is 2.17. The van der Waals surface area contributed by atoms with Gasteiger partial charge in [0.05, 0.1) is 25.8 Å². The number of esters is 1. The Bertz CT molecular complexity index is 698. The number of hydrogen-bond acceptors (Lipinski definition) is 5. The van der Waals surface area contributed by atoms with E-state index in [-0.39, 0.29) is 12.3 Å². The molecule has 1 aromatic heterocycles. The van der Waals surface area contributed by atoms with E-state index in [0.29, 0.717) is 18.1 Å². The van der Waals surface area contributed by atoms with Crippen LogP contribution in [0.2, 0.25) is 0 Å². The van der Waals surface area contributed by atoms with Crippen LogP contribution in [0.4, 0.5) is 0 Å². The van der Waals surface area contributed by atoms with Crippen LogP contribution in [0.25, 0.3) is 11.4 Å². The lowest BCUT2D eigenvalue weighted by atomic mass is 10.2. The normalized spacial score (nSPS) is 16.4. The number of aromatic nitrogens is 2. The minimum atomic E-state index is -0.492. The number of hydrogen-bond donors (Lipinski definition) is 1. The van der Waals surface area contributed by atoms with Crippen LogP contribution in [0.3, 0.4) is 0 Å². The zero-order valence-electron chi connectivity index (χ0n) is 11.2. The SMILES string of the molecule is COC(=O)c1cn2c(n1)-c1cc(Br)ccc1OC(CO)C2. The summed E-state index contributed by atoms with van der Waals surface area (Å²) in [7, 11) is 1.32. The Labute approximate surface area is 129 Å². The molecule has 110 valence electrons. The maximum atomic E-state index is 11.7. The quantitative estimate of drug-likeness (QED) is 0.835. The highest BCUT2D eigenvalue weighted by Crippen LogP contribution is 2.35. The minimum absolute atomic E-state index is 0.124. The van der Waals surface area contributed by atoms with Gasteiger partial charge >= 0.3 is 5.97 Å². The predicted molar refractivity (Wildman–Crippen MR) is 78.2 cm³/mol. The number of aliphatic hydroxyl groups is 1. The molecule has 1 aromatic carbocycles. The Morgan fingerprint density at radius 1 is 1.62 bits per heavy atom. The third kappa shape index (κ3) is 2.54. The lowest BCUT2D eigenvalue weighted by molar-refractivity contribution is 0.0594. The van der Waals surface area contributed by atoms with Gasteiger partial charge < -0.3 is 19.1 Å². The van der Waals surface area contributed by atoms with Gasteiger partial charge in [-0.15, -0.1) is 0 Å². The van der Waals surface area contributed by atoms with Crippen LogP contribution in [0.5, 0.6) is 5.75 Å². The zero-order chi connectivity index (χ0) is 15.0. The van der Waals surface area contributed by atoms with E-state index in [1.165, 1.54) is 7.11 Å². The lowest BCUT2D eigenvalue weighted by Gasteiger charge is -2.15. The van der Waals surface area contributed by atoms with E-state index in [2.05, 4.69) is 20.9 Å². The minimum Gasteiger partial charge on any atom is -0.485 e. The number of fused-ring (bicyclic) bond motifs is 3. The van der Waals surface area contributed by atoms with E-state index in [4.69, 9.17) is 9.47 Å². The van der Waals surface area contributed by atoms with Crippen molar-refractivity contribution >= 4 is 21.9 Å². The highest BCUT2D eigenvalue weighted by Gasteiger charge is 2.25. The average molecular weight is 353 g/mol. The number of ether oxygens (including phenoxy) is 2. The Hall–Kier alpha value is -1.86. The summed E-state index contributed by atoms with van der Waals surface area (Å²) in [6.07, 6.45) is 1.22. The van der Waals surface area contributed by atoms with Crippen molar-refractivity contribution in [3.8, 4) is 17.1 Å². The molecule has 0 saturated carbocycles. The maximum Gasteiger partial charge on any atom is 0.358 e. The Morgan fingerprint density at radius 2 is 2.43 bits per heavy atom. The fourth-order valence-corrected chi connectivity index (χ4v) is 2.64. The molecular formula is C14H13BrN2O4. The summed E-state index contributed by atoms with van der Waals surface area (Å²) in [5.74, 6) is 0.745. The summed E-state index contributed by atoms with van der Waals surface area (Å²) in [4.78, 5) is 16.0. The molecule has 3 rings (SSSR count). The molecule has 0 aliphatic carbocycles. The van der Waals surface area contributed by atoms with Crippen LogP contribution in [-0.2, 0) is 11.3 Å². The number of imidazole rings is 1. The number of halogens is 1. The van der Waals surface area contributed by atoms with Crippen LogP contribution in [0.15, 0.2) is 28.9 Å². The van der Waals surface area contributed by atoms with Gasteiger partial charge in [-0.2, -0.15) is 0 Å². The second kappa shape index (κ2) is 5.50. The van der Waals surface area contributed by atoms with Crippen molar-refractivity contribution in [1.29, 1.82) is 0 Å². The van der Waals surface area contributed by atoms with Crippen LogP contribution >= 0.6 is 15.9 Å². The zero-order valence-corrected chi connectivity index (χ0v) is 12.8. The van der Waals surface area contributed by atoms with Crippen molar-refractivity contribution in [2.75, 3.05) is 13.7 Å². The van der Waals surface area contributed by atoms with Crippen LogP contribution in [-0.4, -0.2) is 40.4 Å². The number of nitrogens with zero attached hydrogens (tertiary/aromatic N) is 2. The summed E-state index contributed by atoms with van der Waals surface area (Å²) in [6, 6.07) is 5.53. The van der Waals surface area contributed by atoms with Crippen molar-refractivity contribution in [2.45, 2.75) is 12.6 Å². The first kappa shape index (κ1) is 14.1. The maximum absolute atomic E-state index is 11.7. The molecule has 2 heterocycles. The summed E-state index contributed by atoms with van der Waals surface area (Å²) < 4.78 is 13.2. The first-order valence-electron chi connectivity index (χ1n) is 6.35. The molecule has 1 unspecified atom stereocenters. The molecular weight excluding hydrogens is 340 g/mol. The lowest BCUT2D eigenvalue weighted by Crippen LogP contribution is -2.25. The molecule has 0 saturated heterocycles. The average Bonchev–Trinajstić information content (AvgIpc) is 2.85. The second-order valence-corrected chi connectivity index (χ2v) is 5.57. The molecule has 0 spiro atoms. The van der Waals surface area contributed by atoms with Gasteiger partial charge in [0.15, 0.2) is 5.69 Å². The van der Waals surface area contributed by atoms with Crippen molar-refractivity contribution in [3.05, 3.63) is 34.6 Å². The number of aliphatic hydroxyl groups excluding tert-OH is 1. The fourth-order valence-electron chi connectivity index (χ4n) is 2.28.